The van der Waals surface area contributed by atoms with E-state index in [0.717, 1.165) is 31.2 Å². The van der Waals surface area contributed by atoms with Gasteiger partial charge in [0.1, 0.15) is 16.6 Å². The minimum atomic E-state index is -0.494. The van der Waals surface area contributed by atoms with Crippen LogP contribution >= 0.6 is 15.9 Å². The molecule has 0 radical (unpaired) electrons. The summed E-state index contributed by atoms with van der Waals surface area (Å²) in [5.41, 5.74) is 1.86. The van der Waals surface area contributed by atoms with E-state index >= 15 is 0 Å². The number of aliphatic hydroxyl groups excluding tert-OH is 1. The first-order chi connectivity index (χ1) is 11.1. The van der Waals surface area contributed by atoms with Crippen molar-refractivity contribution in [1.29, 1.82) is 0 Å². The molecule has 2 heterocycles. The Hall–Kier alpha value is -1.80. The predicted octanol–water partition coefficient (Wildman–Crippen LogP) is 1.92. The summed E-state index contributed by atoms with van der Waals surface area (Å²) in [6.07, 6.45) is 4.59. The number of fused-ring (bicyclic) bond motifs is 3. The van der Waals surface area contributed by atoms with Crippen molar-refractivity contribution in [3.8, 4) is 0 Å². The molecule has 3 aromatic rings. The van der Waals surface area contributed by atoms with E-state index in [1.165, 1.54) is 0 Å². The molecule has 23 heavy (non-hydrogen) atoms. The predicted molar refractivity (Wildman–Crippen MR) is 89.3 cm³/mol. The van der Waals surface area contributed by atoms with Gasteiger partial charge in [0.05, 0.1) is 23.9 Å². The zero-order valence-corrected chi connectivity index (χ0v) is 14.2. The lowest BCUT2D eigenvalue weighted by Gasteiger charge is -2.29. The average molecular weight is 378 g/mol. The van der Waals surface area contributed by atoms with Gasteiger partial charge in [-0.1, -0.05) is 18.1 Å². The van der Waals surface area contributed by atoms with Crippen LogP contribution in [0.15, 0.2) is 21.7 Å². The van der Waals surface area contributed by atoms with E-state index in [0.29, 0.717) is 20.9 Å². The second kappa shape index (κ2) is 5.38. The normalized spacial score (nSPS) is 22.0. The van der Waals surface area contributed by atoms with Crippen LogP contribution in [0, 0.1) is 0 Å². The maximum atomic E-state index is 12.9. The lowest BCUT2D eigenvalue weighted by Crippen LogP contribution is -2.34. The summed E-state index contributed by atoms with van der Waals surface area (Å²) >= 11 is 3.46. The minimum absolute atomic E-state index is 0.134. The van der Waals surface area contributed by atoms with Gasteiger partial charge in [0.2, 0.25) is 0 Å². The van der Waals surface area contributed by atoms with Crippen molar-refractivity contribution in [1.82, 2.24) is 24.5 Å². The first kappa shape index (κ1) is 14.8. The molecule has 8 heteroatoms. The van der Waals surface area contributed by atoms with Crippen molar-refractivity contribution in [2.45, 2.75) is 37.8 Å². The quantitative estimate of drug-likeness (QED) is 0.699. The van der Waals surface area contributed by atoms with E-state index in [9.17, 15) is 9.90 Å². The second-order valence-electron chi connectivity index (χ2n) is 6.04. The number of rotatable bonds is 1. The fourth-order valence-electron chi connectivity index (χ4n) is 3.43. The molecule has 0 amide bonds. The molecule has 4 rings (SSSR count). The standard InChI is InChI=1S/C15H16BrN5O2/c1-20-14-12-8(6-9(16)13(14)18-19-20)15(23)21(7-17-12)10-4-2-3-5-11(10)22/h6-7,10-11,22H,2-5H2,1H3/t10-,11-/m0/s1. The van der Waals surface area contributed by atoms with Crippen molar-refractivity contribution >= 4 is 37.9 Å². The van der Waals surface area contributed by atoms with Gasteiger partial charge in [0.15, 0.2) is 0 Å². The molecule has 2 atom stereocenters. The van der Waals surface area contributed by atoms with E-state index in [-0.39, 0.29) is 11.6 Å². The van der Waals surface area contributed by atoms with Crippen LogP contribution in [0.25, 0.3) is 21.9 Å². The molecule has 0 spiro atoms. The van der Waals surface area contributed by atoms with Crippen molar-refractivity contribution in [3.05, 3.63) is 27.2 Å². The summed E-state index contributed by atoms with van der Waals surface area (Å²) in [4.78, 5) is 17.4. The van der Waals surface area contributed by atoms with Crippen LogP contribution in [0.3, 0.4) is 0 Å². The third-order valence-electron chi connectivity index (χ3n) is 4.63. The van der Waals surface area contributed by atoms with Crippen LogP contribution in [0.1, 0.15) is 31.7 Å². The molecule has 1 N–H and O–H groups in total. The summed E-state index contributed by atoms with van der Waals surface area (Å²) < 4.78 is 3.91. The number of aromatic nitrogens is 5. The molecule has 7 nitrogen and oxygen atoms in total. The van der Waals surface area contributed by atoms with E-state index in [4.69, 9.17) is 0 Å². The van der Waals surface area contributed by atoms with E-state index < -0.39 is 6.10 Å². The molecule has 1 fully saturated rings. The Bertz CT molecular complexity index is 964. The Morgan fingerprint density at radius 2 is 2.09 bits per heavy atom. The highest BCUT2D eigenvalue weighted by Gasteiger charge is 2.26. The first-order valence-corrected chi connectivity index (χ1v) is 8.44. The largest absolute Gasteiger partial charge is 0.391 e. The van der Waals surface area contributed by atoms with Crippen LogP contribution in [-0.4, -0.2) is 35.8 Å². The Morgan fingerprint density at radius 1 is 1.30 bits per heavy atom. The molecule has 120 valence electrons. The molecular weight excluding hydrogens is 362 g/mol. The Kier molecular flexibility index (Phi) is 3.46. The average Bonchev–Trinajstić information content (AvgIpc) is 2.93. The van der Waals surface area contributed by atoms with Gasteiger partial charge in [-0.2, -0.15) is 0 Å². The van der Waals surface area contributed by atoms with Crippen LogP contribution in [-0.2, 0) is 7.05 Å². The van der Waals surface area contributed by atoms with E-state index in [1.54, 1.807) is 28.7 Å². The minimum Gasteiger partial charge on any atom is -0.391 e. The number of aliphatic hydroxyl groups is 1. The summed E-state index contributed by atoms with van der Waals surface area (Å²) in [6.45, 7) is 0. The van der Waals surface area contributed by atoms with Gasteiger partial charge in [0.25, 0.3) is 5.56 Å². The van der Waals surface area contributed by atoms with Crippen molar-refractivity contribution in [3.63, 3.8) is 0 Å². The van der Waals surface area contributed by atoms with Crippen LogP contribution in [0.5, 0.6) is 0 Å². The van der Waals surface area contributed by atoms with Crippen LogP contribution in [0.2, 0.25) is 0 Å². The van der Waals surface area contributed by atoms with Crippen LogP contribution < -0.4 is 5.56 Å². The van der Waals surface area contributed by atoms with Crippen molar-refractivity contribution < 1.29 is 5.11 Å². The molecule has 0 bridgehead atoms. The molecular formula is C15H16BrN5O2. The zero-order valence-electron chi connectivity index (χ0n) is 12.6. The monoisotopic (exact) mass is 377 g/mol. The highest BCUT2D eigenvalue weighted by molar-refractivity contribution is 9.10. The number of hydrogen-bond donors (Lipinski definition) is 1. The van der Waals surface area contributed by atoms with Gasteiger partial charge in [-0.25, -0.2) is 9.67 Å². The summed E-state index contributed by atoms with van der Waals surface area (Å²) in [5.74, 6) is 0. The van der Waals surface area contributed by atoms with Gasteiger partial charge in [-0.3, -0.25) is 9.36 Å². The molecule has 1 saturated carbocycles. The maximum Gasteiger partial charge on any atom is 0.261 e. The third kappa shape index (κ3) is 2.20. The molecule has 1 aliphatic carbocycles. The van der Waals surface area contributed by atoms with Crippen molar-refractivity contribution in [2.75, 3.05) is 0 Å². The fourth-order valence-corrected chi connectivity index (χ4v) is 3.93. The Labute approximate surface area is 140 Å². The summed E-state index contributed by atoms with van der Waals surface area (Å²) in [6, 6.07) is 1.54. The lowest BCUT2D eigenvalue weighted by molar-refractivity contribution is 0.0735. The van der Waals surface area contributed by atoms with Crippen molar-refractivity contribution in [2.24, 2.45) is 7.05 Å². The van der Waals surface area contributed by atoms with Gasteiger partial charge >= 0.3 is 0 Å². The molecule has 0 unspecified atom stereocenters. The zero-order chi connectivity index (χ0) is 16.1. The van der Waals surface area contributed by atoms with Gasteiger partial charge in [-0.15, -0.1) is 5.10 Å². The molecule has 0 aliphatic heterocycles. The van der Waals surface area contributed by atoms with Gasteiger partial charge in [-0.05, 0) is 34.8 Å². The topological polar surface area (TPSA) is 85.8 Å². The van der Waals surface area contributed by atoms with Gasteiger partial charge < -0.3 is 5.11 Å². The molecule has 1 aromatic carbocycles. The summed E-state index contributed by atoms with van der Waals surface area (Å²) in [5, 5.41) is 18.9. The van der Waals surface area contributed by atoms with E-state index in [2.05, 4.69) is 31.2 Å². The smallest absolute Gasteiger partial charge is 0.261 e. The SMILES string of the molecule is Cn1nnc2c(Br)cc3c(=O)n([C@H]4CCCC[C@@H]4O)cnc3c21. The van der Waals surface area contributed by atoms with Gasteiger partial charge in [0, 0.05) is 11.5 Å². The first-order valence-electron chi connectivity index (χ1n) is 7.64. The highest BCUT2D eigenvalue weighted by Crippen LogP contribution is 2.30. The Morgan fingerprint density at radius 3 is 2.87 bits per heavy atom. The lowest BCUT2D eigenvalue weighted by atomic mass is 9.92. The third-order valence-corrected chi connectivity index (χ3v) is 5.24. The molecule has 0 saturated heterocycles. The molecule has 1 aliphatic rings. The number of nitrogens with zero attached hydrogens (tertiary/aromatic N) is 5. The maximum absolute atomic E-state index is 12.9. The second-order valence-corrected chi connectivity index (χ2v) is 6.90. The molecule has 2 aromatic heterocycles. The number of halogens is 1. The summed E-state index contributed by atoms with van der Waals surface area (Å²) in [7, 11) is 1.78. The fraction of sp³-hybridized carbons (Fsp3) is 0.467. The number of hydrogen-bond acceptors (Lipinski definition) is 5. The highest BCUT2D eigenvalue weighted by atomic mass is 79.9. The number of aryl methyl sites for hydroxylation is 1. The van der Waals surface area contributed by atoms with E-state index in [1.807, 2.05) is 0 Å². The number of benzene rings is 1. The van der Waals surface area contributed by atoms with Crippen LogP contribution in [0.4, 0.5) is 0 Å². The Balaban J connectivity index is 2.00.